The number of hydrogen-bond donors (Lipinski definition) is 1. The van der Waals surface area contributed by atoms with E-state index in [-0.39, 0.29) is 12.2 Å². The first-order chi connectivity index (χ1) is 10.6. The summed E-state index contributed by atoms with van der Waals surface area (Å²) in [7, 11) is -3.36. The number of benzene rings is 1. The average molecular weight is 350 g/mol. The van der Waals surface area contributed by atoms with Crippen molar-refractivity contribution in [3.8, 4) is 0 Å². The van der Waals surface area contributed by atoms with Crippen molar-refractivity contribution in [2.75, 3.05) is 24.7 Å². The van der Waals surface area contributed by atoms with Crippen LogP contribution in [0, 0.1) is 5.92 Å². The topological polar surface area (TPSA) is 66.5 Å². The lowest BCUT2D eigenvalue weighted by Gasteiger charge is -2.30. The average Bonchev–Trinajstić information content (AvgIpc) is 2.46. The molecule has 0 unspecified atom stereocenters. The second-order valence-corrected chi connectivity index (χ2v) is 7.51. The maximum atomic E-state index is 12.5. The Morgan fingerprint density at radius 2 is 1.87 bits per heavy atom. The van der Waals surface area contributed by atoms with Gasteiger partial charge in [-0.15, -0.1) is 0 Å². The first-order valence-electron chi connectivity index (χ1n) is 7.00. The normalized spacial score (nSPS) is 20.3. The van der Waals surface area contributed by atoms with Crippen LogP contribution < -0.4 is 5.32 Å². The number of rotatable bonds is 3. The molecule has 1 atom stereocenters. The number of amides is 1. The Hall–Kier alpha value is -1.61. The lowest BCUT2D eigenvalue weighted by molar-refractivity contribution is -0.137. The van der Waals surface area contributed by atoms with Gasteiger partial charge in [0.25, 0.3) is 0 Å². The zero-order chi connectivity index (χ0) is 17.3. The maximum Gasteiger partial charge on any atom is 0.416 e. The van der Waals surface area contributed by atoms with E-state index in [1.165, 1.54) is 16.4 Å². The predicted molar refractivity (Wildman–Crippen MR) is 79.2 cm³/mol. The highest BCUT2D eigenvalue weighted by atomic mass is 32.2. The quantitative estimate of drug-likeness (QED) is 0.910. The van der Waals surface area contributed by atoms with E-state index >= 15 is 0 Å². The van der Waals surface area contributed by atoms with Gasteiger partial charge in [0, 0.05) is 18.8 Å². The Bertz CT molecular complexity index is 672. The molecule has 2 rings (SSSR count). The number of sulfonamides is 1. The SMILES string of the molecule is CS(=O)(=O)N1CCC[C@H](C(=O)Nc2ccc(C(F)(F)F)cc2)C1. The van der Waals surface area contributed by atoms with Crippen molar-refractivity contribution in [3.63, 3.8) is 0 Å². The molecule has 128 valence electrons. The maximum absolute atomic E-state index is 12.5. The minimum absolute atomic E-state index is 0.0886. The molecule has 1 saturated heterocycles. The van der Waals surface area contributed by atoms with Crippen LogP contribution in [0.4, 0.5) is 18.9 Å². The number of piperidine rings is 1. The summed E-state index contributed by atoms with van der Waals surface area (Å²) < 4.78 is 61.7. The molecule has 1 heterocycles. The molecular weight excluding hydrogens is 333 g/mol. The fraction of sp³-hybridized carbons (Fsp3) is 0.500. The lowest BCUT2D eigenvalue weighted by atomic mass is 9.98. The first-order valence-corrected chi connectivity index (χ1v) is 8.85. The Labute approximate surface area is 132 Å². The molecule has 1 aliphatic rings. The highest BCUT2D eigenvalue weighted by Crippen LogP contribution is 2.30. The van der Waals surface area contributed by atoms with Crippen LogP contribution in [-0.4, -0.2) is 38.0 Å². The van der Waals surface area contributed by atoms with Gasteiger partial charge in [-0.05, 0) is 37.1 Å². The summed E-state index contributed by atoms with van der Waals surface area (Å²) in [5.41, 5.74) is -0.545. The Morgan fingerprint density at radius 1 is 1.26 bits per heavy atom. The summed E-state index contributed by atoms with van der Waals surface area (Å²) >= 11 is 0. The van der Waals surface area contributed by atoms with Crippen LogP contribution in [0.25, 0.3) is 0 Å². The molecule has 23 heavy (non-hydrogen) atoms. The van der Waals surface area contributed by atoms with E-state index in [0.29, 0.717) is 19.4 Å². The number of nitrogens with zero attached hydrogens (tertiary/aromatic N) is 1. The van der Waals surface area contributed by atoms with Crippen LogP contribution in [-0.2, 0) is 21.0 Å². The van der Waals surface area contributed by atoms with E-state index in [4.69, 9.17) is 0 Å². The fourth-order valence-corrected chi connectivity index (χ4v) is 3.36. The molecule has 0 bridgehead atoms. The molecule has 0 spiro atoms. The van der Waals surface area contributed by atoms with Crippen LogP contribution >= 0.6 is 0 Å². The third kappa shape index (κ3) is 4.68. The van der Waals surface area contributed by atoms with Crippen LogP contribution in [0.15, 0.2) is 24.3 Å². The summed E-state index contributed by atoms with van der Waals surface area (Å²) in [6.45, 7) is 0.466. The molecule has 1 aliphatic heterocycles. The van der Waals surface area contributed by atoms with Crippen molar-refractivity contribution in [2.45, 2.75) is 19.0 Å². The van der Waals surface area contributed by atoms with E-state index in [0.717, 1.165) is 18.4 Å². The Morgan fingerprint density at radius 3 is 2.39 bits per heavy atom. The van der Waals surface area contributed by atoms with Crippen molar-refractivity contribution in [3.05, 3.63) is 29.8 Å². The largest absolute Gasteiger partial charge is 0.416 e. The molecule has 0 radical (unpaired) electrons. The number of carbonyl (C=O) groups is 1. The Balaban J connectivity index is 2.01. The van der Waals surface area contributed by atoms with Gasteiger partial charge in [-0.25, -0.2) is 12.7 Å². The van der Waals surface area contributed by atoms with Crippen LogP contribution in [0.1, 0.15) is 18.4 Å². The van der Waals surface area contributed by atoms with Crippen molar-refractivity contribution >= 4 is 21.6 Å². The molecule has 1 fully saturated rings. The molecule has 1 aromatic rings. The van der Waals surface area contributed by atoms with Gasteiger partial charge in [-0.2, -0.15) is 13.2 Å². The summed E-state index contributed by atoms with van der Waals surface area (Å²) in [5, 5.41) is 2.53. The van der Waals surface area contributed by atoms with Crippen LogP contribution in [0.3, 0.4) is 0 Å². The number of carbonyl (C=O) groups excluding carboxylic acids is 1. The van der Waals surface area contributed by atoms with Gasteiger partial charge >= 0.3 is 6.18 Å². The minimum atomic E-state index is -4.43. The molecule has 0 aliphatic carbocycles. The lowest BCUT2D eigenvalue weighted by Crippen LogP contribution is -2.43. The van der Waals surface area contributed by atoms with Gasteiger partial charge < -0.3 is 5.32 Å². The molecule has 0 aromatic heterocycles. The molecule has 1 N–H and O–H groups in total. The predicted octanol–water partition coefficient (Wildman–Crippen LogP) is 2.32. The molecule has 1 aromatic carbocycles. The summed E-state index contributed by atoms with van der Waals surface area (Å²) in [6.07, 6.45) is -2.23. The zero-order valence-corrected chi connectivity index (χ0v) is 13.2. The van der Waals surface area contributed by atoms with Gasteiger partial charge in [0.15, 0.2) is 0 Å². The zero-order valence-electron chi connectivity index (χ0n) is 12.4. The van der Waals surface area contributed by atoms with Crippen molar-refractivity contribution in [1.29, 1.82) is 0 Å². The van der Waals surface area contributed by atoms with E-state index in [1.807, 2.05) is 0 Å². The van der Waals surface area contributed by atoms with Crippen molar-refractivity contribution in [1.82, 2.24) is 4.31 Å². The van der Waals surface area contributed by atoms with Crippen LogP contribution in [0.5, 0.6) is 0 Å². The number of hydrogen-bond acceptors (Lipinski definition) is 3. The smallest absolute Gasteiger partial charge is 0.326 e. The minimum Gasteiger partial charge on any atom is -0.326 e. The van der Waals surface area contributed by atoms with Gasteiger partial charge in [-0.1, -0.05) is 0 Å². The standard InChI is InChI=1S/C14H17F3N2O3S/c1-23(21,22)19-8-2-3-10(9-19)13(20)18-12-6-4-11(5-7-12)14(15,16)17/h4-7,10H,2-3,8-9H2,1H3,(H,18,20)/t10-/m0/s1. The third-order valence-corrected chi connectivity index (χ3v) is 4.97. The van der Waals surface area contributed by atoms with Gasteiger partial charge in [-0.3, -0.25) is 4.79 Å². The van der Waals surface area contributed by atoms with E-state index < -0.39 is 33.6 Å². The van der Waals surface area contributed by atoms with Crippen molar-refractivity contribution in [2.24, 2.45) is 5.92 Å². The van der Waals surface area contributed by atoms with E-state index in [2.05, 4.69) is 5.32 Å². The molecular formula is C14H17F3N2O3S. The van der Waals surface area contributed by atoms with E-state index in [1.54, 1.807) is 0 Å². The molecule has 9 heteroatoms. The van der Waals surface area contributed by atoms with Crippen LogP contribution in [0.2, 0.25) is 0 Å². The number of alkyl halides is 3. The third-order valence-electron chi connectivity index (χ3n) is 3.70. The fourth-order valence-electron chi connectivity index (χ4n) is 2.44. The summed E-state index contributed by atoms with van der Waals surface area (Å²) in [4.78, 5) is 12.2. The molecule has 5 nitrogen and oxygen atoms in total. The number of anilines is 1. The Kier molecular flexibility index (Phi) is 5.00. The second-order valence-electron chi connectivity index (χ2n) is 5.52. The highest BCUT2D eigenvalue weighted by molar-refractivity contribution is 7.88. The number of halogens is 3. The van der Waals surface area contributed by atoms with Gasteiger partial charge in [0.1, 0.15) is 0 Å². The summed E-state index contributed by atoms with van der Waals surface area (Å²) in [5.74, 6) is -0.904. The van der Waals surface area contributed by atoms with Crippen molar-refractivity contribution < 1.29 is 26.4 Å². The monoisotopic (exact) mass is 350 g/mol. The molecule has 1 amide bonds. The van der Waals surface area contributed by atoms with E-state index in [9.17, 15) is 26.4 Å². The number of nitrogens with one attached hydrogen (secondary N) is 1. The molecule has 0 saturated carbocycles. The highest BCUT2D eigenvalue weighted by Gasteiger charge is 2.31. The summed E-state index contributed by atoms with van der Waals surface area (Å²) in [6, 6.07) is 4.13. The van der Waals surface area contributed by atoms with Gasteiger partial charge in [0.05, 0.1) is 17.7 Å². The first kappa shape index (κ1) is 17.7. The second kappa shape index (κ2) is 6.48. The van der Waals surface area contributed by atoms with Gasteiger partial charge in [0.2, 0.25) is 15.9 Å².